The number of guanidine groups is 2. The normalized spacial score (nSPS) is 18.0. The van der Waals surface area contributed by atoms with Gasteiger partial charge in [-0.1, -0.05) is 50.6 Å². The third-order valence-electron chi connectivity index (χ3n) is 6.07. The zero-order chi connectivity index (χ0) is 22.0. The predicted octanol–water partition coefficient (Wildman–Crippen LogP) is 4.17. The van der Waals surface area contributed by atoms with E-state index >= 15 is 0 Å². The van der Waals surface area contributed by atoms with Crippen LogP contribution < -0.4 is 21.7 Å². The maximum absolute atomic E-state index is 13.4. The lowest BCUT2D eigenvalue weighted by Crippen LogP contribution is -2.58. The van der Waals surface area contributed by atoms with Gasteiger partial charge < -0.3 is 16.8 Å². The van der Waals surface area contributed by atoms with Crippen LogP contribution in [0.3, 0.4) is 0 Å². The summed E-state index contributed by atoms with van der Waals surface area (Å²) in [5.74, 6) is 0.574. The number of para-hydroxylation sites is 2. The fourth-order valence-corrected chi connectivity index (χ4v) is 4.63. The molecular formula is C24H30N6O. The minimum Gasteiger partial charge on any atom is -0.369 e. The lowest BCUT2D eigenvalue weighted by molar-refractivity contribution is 0.102. The van der Waals surface area contributed by atoms with Gasteiger partial charge in [-0.3, -0.25) is 9.69 Å². The third-order valence-corrected chi connectivity index (χ3v) is 6.07. The topological polar surface area (TPSA) is 109 Å². The molecule has 1 amide bonds. The molecule has 1 saturated carbocycles. The van der Waals surface area contributed by atoms with Gasteiger partial charge in [-0.05, 0) is 55.4 Å². The highest BCUT2D eigenvalue weighted by Crippen LogP contribution is 2.40. The molecule has 31 heavy (non-hydrogen) atoms. The smallest absolute Gasteiger partial charge is 0.257 e. The lowest BCUT2D eigenvalue weighted by atomic mass is 9.87. The number of carbonyl (C=O) groups excluding carboxylic acids is 1. The van der Waals surface area contributed by atoms with Crippen LogP contribution in [0.15, 0.2) is 58.5 Å². The number of nitrogens with zero attached hydrogens (tertiary/aromatic N) is 3. The van der Waals surface area contributed by atoms with Crippen molar-refractivity contribution in [3.63, 3.8) is 0 Å². The van der Waals surface area contributed by atoms with Crippen LogP contribution in [-0.4, -0.2) is 23.5 Å². The Kier molecular flexibility index (Phi) is 5.67. The first-order chi connectivity index (χ1) is 14.9. The fraction of sp³-hybridized carbons (Fsp3) is 0.375. The zero-order valence-electron chi connectivity index (χ0n) is 18.1. The van der Waals surface area contributed by atoms with E-state index in [0.717, 1.165) is 43.4 Å². The number of hydrogen-bond donors (Lipinski definition) is 3. The summed E-state index contributed by atoms with van der Waals surface area (Å²) in [7, 11) is 0. The molecule has 0 unspecified atom stereocenters. The van der Waals surface area contributed by atoms with Crippen LogP contribution in [0.25, 0.3) is 0 Å². The van der Waals surface area contributed by atoms with Gasteiger partial charge in [0.1, 0.15) is 5.66 Å². The van der Waals surface area contributed by atoms with Gasteiger partial charge in [0.05, 0.1) is 11.3 Å². The summed E-state index contributed by atoms with van der Waals surface area (Å²) >= 11 is 0. The maximum atomic E-state index is 13.4. The maximum Gasteiger partial charge on any atom is 0.257 e. The molecule has 1 aliphatic heterocycles. The predicted molar refractivity (Wildman–Crippen MR) is 126 cm³/mol. The Balaban J connectivity index is 1.73. The largest absolute Gasteiger partial charge is 0.369 e. The first-order valence-electron chi connectivity index (χ1n) is 10.9. The van der Waals surface area contributed by atoms with E-state index in [-0.39, 0.29) is 17.8 Å². The molecule has 2 aliphatic rings. The molecule has 5 N–H and O–H groups in total. The van der Waals surface area contributed by atoms with Gasteiger partial charge in [-0.15, -0.1) is 0 Å². The van der Waals surface area contributed by atoms with Crippen LogP contribution in [0.5, 0.6) is 0 Å². The van der Waals surface area contributed by atoms with Gasteiger partial charge in [0.25, 0.3) is 5.91 Å². The van der Waals surface area contributed by atoms with Crippen molar-refractivity contribution in [2.24, 2.45) is 21.5 Å². The zero-order valence-corrected chi connectivity index (χ0v) is 18.1. The Labute approximate surface area is 183 Å². The van der Waals surface area contributed by atoms with Crippen LogP contribution in [0.2, 0.25) is 0 Å². The molecule has 162 valence electrons. The highest BCUT2D eigenvalue weighted by Gasteiger charge is 2.43. The van der Waals surface area contributed by atoms with E-state index in [0.29, 0.717) is 17.2 Å². The molecule has 1 heterocycles. The molecule has 1 aliphatic carbocycles. The van der Waals surface area contributed by atoms with Gasteiger partial charge in [0.2, 0.25) is 11.9 Å². The number of anilines is 2. The molecule has 4 rings (SSSR count). The van der Waals surface area contributed by atoms with Crippen molar-refractivity contribution in [3.8, 4) is 0 Å². The SMILES string of the molecule is CC(C)c1ccccc1NC(=O)c1ccccc1N1C(N)=NC(N)=NC12CCCCC2. The summed E-state index contributed by atoms with van der Waals surface area (Å²) in [6.45, 7) is 4.22. The van der Waals surface area contributed by atoms with Gasteiger partial charge >= 0.3 is 0 Å². The molecule has 1 spiro atoms. The highest BCUT2D eigenvalue weighted by atomic mass is 16.1. The van der Waals surface area contributed by atoms with E-state index in [9.17, 15) is 4.79 Å². The number of hydrogen-bond acceptors (Lipinski definition) is 6. The molecular weight excluding hydrogens is 388 g/mol. The number of rotatable bonds is 4. The number of aliphatic imine (C=N–C) groups is 2. The summed E-state index contributed by atoms with van der Waals surface area (Å²) in [6, 6.07) is 15.4. The second-order valence-electron chi connectivity index (χ2n) is 8.53. The molecule has 2 aromatic carbocycles. The Morgan fingerprint density at radius 2 is 1.71 bits per heavy atom. The first-order valence-corrected chi connectivity index (χ1v) is 10.9. The molecule has 7 nitrogen and oxygen atoms in total. The van der Waals surface area contributed by atoms with E-state index in [1.54, 1.807) is 0 Å². The number of carbonyl (C=O) groups is 1. The average Bonchev–Trinajstić information content (AvgIpc) is 2.74. The fourth-order valence-electron chi connectivity index (χ4n) is 4.63. The van der Waals surface area contributed by atoms with Crippen LogP contribution in [-0.2, 0) is 0 Å². The van der Waals surface area contributed by atoms with E-state index in [4.69, 9.17) is 16.5 Å². The molecule has 7 heteroatoms. The van der Waals surface area contributed by atoms with Crippen molar-refractivity contribution < 1.29 is 4.79 Å². The molecule has 2 aromatic rings. The molecule has 1 fully saturated rings. The Hall–Kier alpha value is -3.35. The minimum atomic E-state index is -0.597. The highest BCUT2D eigenvalue weighted by molar-refractivity contribution is 6.13. The van der Waals surface area contributed by atoms with Crippen molar-refractivity contribution in [2.75, 3.05) is 10.2 Å². The van der Waals surface area contributed by atoms with E-state index in [1.807, 2.05) is 53.4 Å². The molecule has 0 atom stereocenters. The summed E-state index contributed by atoms with van der Waals surface area (Å²) in [6.07, 6.45) is 4.83. The van der Waals surface area contributed by atoms with Crippen LogP contribution in [0.4, 0.5) is 11.4 Å². The summed E-state index contributed by atoms with van der Waals surface area (Å²) < 4.78 is 0. The number of amides is 1. The van der Waals surface area contributed by atoms with Gasteiger partial charge in [-0.25, -0.2) is 4.99 Å². The van der Waals surface area contributed by atoms with Crippen molar-refractivity contribution in [2.45, 2.75) is 57.5 Å². The van der Waals surface area contributed by atoms with Gasteiger partial charge in [-0.2, -0.15) is 4.99 Å². The monoisotopic (exact) mass is 418 g/mol. The standard InChI is InChI=1S/C24H30N6O/c1-16(2)17-10-4-6-12-19(17)27-21(31)18-11-5-7-13-20(18)30-23(26)28-22(25)29-24(30)14-8-3-9-15-24/h4-7,10-13,16H,3,8-9,14-15H2,1-2H3,(H,27,31)(H4,25,26,28,29). The third kappa shape index (κ3) is 4.00. The van der Waals surface area contributed by atoms with E-state index in [1.165, 1.54) is 0 Å². The van der Waals surface area contributed by atoms with E-state index < -0.39 is 5.66 Å². The molecule has 0 saturated heterocycles. The van der Waals surface area contributed by atoms with Crippen molar-refractivity contribution in [1.82, 2.24) is 0 Å². The first kappa shape index (κ1) is 20.9. The van der Waals surface area contributed by atoms with Crippen molar-refractivity contribution in [1.29, 1.82) is 0 Å². The van der Waals surface area contributed by atoms with Crippen molar-refractivity contribution >= 4 is 29.2 Å². The Morgan fingerprint density at radius 1 is 1.03 bits per heavy atom. The van der Waals surface area contributed by atoms with Gasteiger partial charge in [0, 0.05) is 5.69 Å². The summed E-state index contributed by atoms with van der Waals surface area (Å²) in [5, 5.41) is 3.10. The minimum absolute atomic E-state index is 0.190. The Bertz CT molecular complexity index is 1040. The summed E-state index contributed by atoms with van der Waals surface area (Å²) in [5.41, 5.74) is 14.9. The number of nitrogens with one attached hydrogen (secondary N) is 1. The van der Waals surface area contributed by atoms with Crippen LogP contribution in [0, 0.1) is 0 Å². The number of benzene rings is 2. The Morgan fingerprint density at radius 3 is 2.45 bits per heavy atom. The van der Waals surface area contributed by atoms with Crippen molar-refractivity contribution in [3.05, 3.63) is 59.7 Å². The second-order valence-corrected chi connectivity index (χ2v) is 8.53. The van der Waals surface area contributed by atoms with Crippen LogP contribution in [0.1, 0.15) is 67.8 Å². The molecule has 0 radical (unpaired) electrons. The molecule has 0 aromatic heterocycles. The van der Waals surface area contributed by atoms with Gasteiger partial charge in [0.15, 0.2) is 0 Å². The average molecular weight is 419 g/mol. The lowest BCUT2D eigenvalue weighted by Gasteiger charge is -2.46. The number of nitrogens with two attached hydrogens (primary N) is 2. The second kappa shape index (κ2) is 8.41. The van der Waals surface area contributed by atoms with E-state index in [2.05, 4.69) is 24.2 Å². The quantitative estimate of drug-likeness (QED) is 0.692. The summed E-state index contributed by atoms with van der Waals surface area (Å²) in [4.78, 5) is 24.3. The van der Waals surface area contributed by atoms with Crippen LogP contribution >= 0.6 is 0 Å². The molecule has 0 bridgehead atoms.